The van der Waals surface area contributed by atoms with Crippen molar-refractivity contribution in [3.05, 3.63) is 111 Å². The molecule has 0 unspecified atom stereocenters. The highest BCUT2D eigenvalue weighted by molar-refractivity contribution is 6.30. The summed E-state index contributed by atoms with van der Waals surface area (Å²) >= 11 is 6.16. The number of aromatic amines is 1. The molecule has 5 rings (SSSR count). The van der Waals surface area contributed by atoms with Crippen molar-refractivity contribution in [2.75, 3.05) is 13.7 Å². The summed E-state index contributed by atoms with van der Waals surface area (Å²) in [5.74, 6) is 1.30. The minimum Gasteiger partial charge on any atom is -0.468 e. The van der Waals surface area contributed by atoms with E-state index in [0.29, 0.717) is 42.7 Å². The van der Waals surface area contributed by atoms with E-state index in [4.69, 9.17) is 20.8 Å². The van der Waals surface area contributed by atoms with Gasteiger partial charge in [0.2, 0.25) is 0 Å². The number of fused-ring (bicyclic) bond motifs is 1. The van der Waals surface area contributed by atoms with Crippen LogP contribution in [-0.2, 0) is 30.8 Å². The van der Waals surface area contributed by atoms with Gasteiger partial charge in [-0.2, -0.15) is 0 Å². The highest BCUT2D eigenvalue weighted by Gasteiger charge is 2.31. The zero-order valence-electron chi connectivity index (χ0n) is 21.3. The zero-order valence-corrected chi connectivity index (χ0v) is 22.1. The minimum atomic E-state index is -0.582. The lowest BCUT2D eigenvalue weighted by Gasteiger charge is -2.30. The number of H-pyrrole nitrogens is 1. The third kappa shape index (κ3) is 5.70. The van der Waals surface area contributed by atoms with Crippen molar-refractivity contribution >= 4 is 22.5 Å². The van der Waals surface area contributed by atoms with Crippen molar-refractivity contribution < 1.29 is 9.15 Å². The largest absolute Gasteiger partial charge is 0.468 e. The highest BCUT2D eigenvalue weighted by atomic mass is 35.5. The van der Waals surface area contributed by atoms with Crippen molar-refractivity contribution in [2.45, 2.75) is 39.0 Å². The van der Waals surface area contributed by atoms with Crippen molar-refractivity contribution in [1.82, 2.24) is 30.1 Å². The van der Waals surface area contributed by atoms with Gasteiger partial charge in [-0.3, -0.25) is 9.69 Å². The van der Waals surface area contributed by atoms with E-state index in [1.54, 1.807) is 18.1 Å². The van der Waals surface area contributed by atoms with Gasteiger partial charge in [0.1, 0.15) is 11.8 Å². The van der Waals surface area contributed by atoms with Crippen LogP contribution >= 0.6 is 11.6 Å². The maximum atomic E-state index is 13.6. The predicted molar refractivity (Wildman–Crippen MR) is 145 cm³/mol. The first-order chi connectivity index (χ1) is 18.6. The number of aryl methyl sites for hydroxylation is 1. The van der Waals surface area contributed by atoms with E-state index >= 15 is 0 Å². The fourth-order valence-corrected chi connectivity index (χ4v) is 4.73. The second-order valence-corrected chi connectivity index (χ2v) is 9.53. The summed E-state index contributed by atoms with van der Waals surface area (Å²) < 4.78 is 12.7. The number of furan rings is 1. The summed E-state index contributed by atoms with van der Waals surface area (Å²) in [5.41, 5.74) is 3.33. The number of methoxy groups -OCH3 is 1. The van der Waals surface area contributed by atoms with Crippen LogP contribution < -0.4 is 5.56 Å². The van der Waals surface area contributed by atoms with Crippen LogP contribution in [0.25, 0.3) is 10.9 Å². The molecule has 0 aliphatic carbocycles. The molecule has 0 amide bonds. The average molecular weight is 533 g/mol. The smallest absolute Gasteiger partial charge is 0.253 e. The van der Waals surface area contributed by atoms with E-state index in [1.165, 1.54) is 5.56 Å². The van der Waals surface area contributed by atoms with Crippen LogP contribution in [0.4, 0.5) is 0 Å². The normalized spacial score (nSPS) is 12.4. The molecule has 0 aliphatic heterocycles. The molecular weight excluding hydrogens is 504 g/mol. The lowest BCUT2D eigenvalue weighted by atomic mass is 10.0. The summed E-state index contributed by atoms with van der Waals surface area (Å²) in [6.45, 7) is 3.89. The lowest BCUT2D eigenvalue weighted by Crippen LogP contribution is -2.35. The number of halogens is 1. The first-order valence-corrected chi connectivity index (χ1v) is 12.8. The van der Waals surface area contributed by atoms with E-state index < -0.39 is 6.04 Å². The lowest BCUT2D eigenvalue weighted by molar-refractivity contribution is 0.163. The third-order valence-electron chi connectivity index (χ3n) is 6.55. The van der Waals surface area contributed by atoms with Crippen LogP contribution in [0.1, 0.15) is 41.2 Å². The van der Waals surface area contributed by atoms with Gasteiger partial charge in [0.25, 0.3) is 5.56 Å². The molecule has 2 aromatic carbocycles. The van der Waals surface area contributed by atoms with E-state index in [2.05, 4.69) is 38.4 Å². The van der Waals surface area contributed by atoms with E-state index in [1.807, 2.05) is 54.6 Å². The van der Waals surface area contributed by atoms with Gasteiger partial charge < -0.3 is 14.1 Å². The molecule has 0 saturated carbocycles. The van der Waals surface area contributed by atoms with Gasteiger partial charge in [0.15, 0.2) is 5.82 Å². The standard InChI is InChI=1S/C28H29ClN6O3/c1-3-19-8-11-25-21(15-19)16-24(28(36)30-25)26(27-31-32-33-35(27)12-14-37-2)34(18-23-5-4-13-38-23)17-20-6-9-22(29)10-7-20/h4-11,13,15-16,26H,3,12,14,17-18H2,1-2H3,(H,30,36)/t26-/m1/s1. The van der Waals surface area contributed by atoms with Crippen LogP contribution in [0.3, 0.4) is 0 Å². The molecule has 10 heteroatoms. The number of pyridine rings is 1. The Morgan fingerprint density at radius 3 is 2.66 bits per heavy atom. The maximum absolute atomic E-state index is 13.6. The Bertz CT molecular complexity index is 1550. The number of nitrogens with zero attached hydrogens (tertiary/aromatic N) is 5. The quantitative estimate of drug-likeness (QED) is 0.261. The Morgan fingerprint density at radius 2 is 1.92 bits per heavy atom. The Labute approximate surface area is 225 Å². The molecule has 0 spiro atoms. The molecule has 3 aromatic heterocycles. The topological polar surface area (TPSA) is 102 Å². The van der Waals surface area contributed by atoms with Gasteiger partial charge in [-0.25, -0.2) is 4.68 Å². The van der Waals surface area contributed by atoms with Gasteiger partial charge in [0.05, 0.1) is 26.0 Å². The second-order valence-electron chi connectivity index (χ2n) is 9.10. The third-order valence-corrected chi connectivity index (χ3v) is 6.81. The molecule has 1 atom stereocenters. The molecule has 196 valence electrons. The summed E-state index contributed by atoms with van der Waals surface area (Å²) in [7, 11) is 1.63. The maximum Gasteiger partial charge on any atom is 0.253 e. The van der Waals surface area contributed by atoms with E-state index in [0.717, 1.165) is 28.6 Å². The fourth-order valence-electron chi connectivity index (χ4n) is 4.61. The molecule has 0 bridgehead atoms. The minimum absolute atomic E-state index is 0.200. The van der Waals surface area contributed by atoms with Gasteiger partial charge in [-0.1, -0.05) is 36.7 Å². The van der Waals surface area contributed by atoms with Gasteiger partial charge in [-0.05, 0) is 75.8 Å². The van der Waals surface area contributed by atoms with Crippen LogP contribution in [0, 0.1) is 0 Å². The molecule has 5 aromatic rings. The van der Waals surface area contributed by atoms with Gasteiger partial charge in [0, 0.05) is 29.8 Å². The molecule has 0 saturated heterocycles. The van der Waals surface area contributed by atoms with Crippen LogP contribution in [0.15, 0.2) is 76.1 Å². The fraction of sp³-hybridized carbons (Fsp3) is 0.286. The first kappa shape index (κ1) is 25.8. The van der Waals surface area contributed by atoms with Crippen molar-refractivity contribution in [1.29, 1.82) is 0 Å². The Morgan fingerprint density at radius 1 is 1.11 bits per heavy atom. The number of ether oxygens (including phenoxy) is 1. The number of aromatic nitrogens is 5. The monoisotopic (exact) mass is 532 g/mol. The summed E-state index contributed by atoms with van der Waals surface area (Å²) in [6, 6.07) is 18.9. The molecule has 38 heavy (non-hydrogen) atoms. The SMILES string of the molecule is CCc1ccc2[nH]c(=O)c([C@H](c3nnnn3CCOC)N(Cc3ccc(Cl)cc3)Cc3ccco3)cc2c1. The number of hydrogen-bond donors (Lipinski definition) is 1. The Balaban J connectivity index is 1.68. The van der Waals surface area contributed by atoms with Crippen LogP contribution in [0.5, 0.6) is 0 Å². The van der Waals surface area contributed by atoms with Crippen molar-refractivity contribution in [2.24, 2.45) is 0 Å². The summed E-state index contributed by atoms with van der Waals surface area (Å²) in [5, 5.41) is 14.2. The van der Waals surface area contributed by atoms with Gasteiger partial charge in [-0.15, -0.1) is 5.10 Å². The number of hydrogen-bond acceptors (Lipinski definition) is 7. The van der Waals surface area contributed by atoms with Crippen molar-refractivity contribution in [3.63, 3.8) is 0 Å². The summed E-state index contributed by atoms with van der Waals surface area (Å²) in [4.78, 5) is 18.8. The number of rotatable bonds is 11. The Hall–Kier alpha value is -3.79. The molecule has 9 nitrogen and oxygen atoms in total. The first-order valence-electron chi connectivity index (χ1n) is 12.5. The summed E-state index contributed by atoms with van der Waals surface area (Å²) in [6.07, 6.45) is 2.53. The molecule has 0 aliphatic rings. The van der Waals surface area contributed by atoms with Crippen LogP contribution in [0.2, 0.25) is 5.02 Å². The zero-order chi connectivity index (χ0) is 26.5. The molecule has 3 heterocycles. The van der Waals surface area contributed by atoms with E-state index in [-0.39, 0.29) is 5.56 Å². The second kappa shape index (κ2) is 11.7. The van der Waals surface area contributed by atoms with Crippen LogP contribution in [-0.4, -0.2) is 43.8 Å². The highest BCUT2D eigenvalue weighted by Crippen LogP contribution is 2.30. The molecule has 0 radical (unpaired) electrons. The molecule has 0 fully saturated rings. The Kier molecular flexibility index (Phi) is 7.97. The molecule has 1 N–H and O–H groups in total. The van der Waals surface area contributed by atoms with E-state index in [9.17, 15) is 4.79 Å². The number of benzene rings is 2. The van der Waals surface area contributed by atoms with Crippen molar-refractivity contribution in [3.8, 4) is 0 Å². The number of tetrazole rings is 1. The average Bonchev–Trinajstić information content (AvgIpc) is 3.61. The molecular formula is C28H29ClN6O3. The van der Waals surface area contributed by atoms with Gasteiger partial charge >= 0.3 is 0 Å². The predicted octanol–water partition coefficient (Wildman–Crippen LogP) is 4.76. The number of nitrogens with one attached hydrogen (secondary N) is 1.